The summed E-state index contributed by atoms with van der Waals surface area (Å²) in [5.41, 5.74) is -1.77. The highest BCUT2D eigenvalue weighted by Crippen LogP contribution is 2.07. The van der Waals surface area contributed by atoms with Gasteiger partial charge in [-0.25, -0.2) is 4.79 Å². The van der Waals surface area contributed by atoms with Crippen molar-refractivity contribution in [2.24, 2.45) is 0 Å². The van der Waals surface area contributed by atoms with Crippen LogP contribution in [-0.4, -0.2) is 58.0 Å². The number of carboxylic acid groups (broad SMARTS) is 1. The topological polar surface area (TPSA) is 81.0 Å². The molecule has 0 aromatic carbocycles. The molecule has 0 saturated carbocycles. The molecule has 0 aliphatic rings. The van der Waals surface area contributed by atoms with E-state index >= 15 is 0 Å². The molecule has 0 aromatic rings. The van der Waals surface area contributed by atoms with Crippen molar-refractivity contribution in [3.05, 3.63) is 0 Å². The van der Waals surface area contributed by atoms with Crippen molar-refractivity contribution >= 4 is 5.97 Å². The predicted octanol–water partition coefficient (Wildman–Crippen LogP) is -0.865. The zero-order valence-corrected chi connectivity index (χ0v) is 8.19. The summed E-state index contributed by atoms with van der Waals surface area (Å²) in [4.78, 5) is 12.1. The Bertz CT molecular complexity index is 181. The average molecular weight is 191 g/mol. The molecular weight excluding hydrogens is 174 g/mol. The second-order valence-electron chi connectivity index (χ2n) is 3.53. The number of nitrogens with zero attached hydrogens (tertiary/aromatic N) is 1. The lowest BCUT2D eigenvalue weighted by molar-refractivity contribution is -0.158. The molecule has 0 aliphatic carbocycles. The van der Waals surface area contributed by atoms with Crippen LogP contribution in [0.5, 0.6) is 0 Å². The number of hydrogen-bond donors (Lipinski definition) is 3. The molecule has 2 unspecified atom stereocenters. The SMILES string of the molecule is CC(CO)N(C)CC(C)(O)C(=O)O. The van der Waals surface area contributed by atoms with Crippen LogP contribution in [-0.2, 0) is 4.79 Å². The Labute approximate surface area is 77.6 Å². The smallest absolute Gasteiger partial charge is 0.336 e. The van der Waals surface area contributed by atoms with Crippen molar-refractivity contribution < 1.29 is 20.1 Å². The van der Waals surface area contributed by atoms with Crippen LogP contribution in [0.15, 0.2) is 0 Å². The molecule has 0 bridgehead atoms. The Morgan fingerprint density at radius 3 is 2.38 bits per heavy atom. The molecule has 0 fully saturated rings. The summed E-state index contributed by atoms with van der Waals surface area (Å²) < 4.78 is 0. The number of aliphatic hydroxyl groups excluding tert-OH is 1. The monoisotopic (exact) mass is 191 g/mol. The van der Waals surface area contributed by atoms with Crippen LogP contribution in [0.4, 0.5) is 0 Å². The first-order valence-corrected chi connectivity index (χ1v) is 4.08. The average Bonchev–Trinajstić information content (AvgIpc) is 2.01. The largest absolute Gasteiger partial charge is 0.479 e. The van der Waals surface area contributed by atoms with Gasteiger partial charge in [0, 0.05) is 12.6 Å². The van der Waals surface area contributed by atoms with Crippen molar-refractivity contribution in [1.29, 1.82) is 0 Å². The minimum atomic E-state index is -1.77. The molecule has 0 aromatic heterocycles. The van der Waals surface area contributed by atoms with E-state index in [1.807, 2.05) is 0 Å². The molecule has 0 amide bonds. The van der Waals surface area contributed by atoms with Crippen molar-refractivity contribution in [3.63, 3.8) is 0 Å². The van der Waals surface area contributed by atoms with E-state index in [-0.39, 0.29) is 19.2 Å². The quantitative estimate of drug-likeness (QED) is 0.526. The Morgan fingerprint density at radius 2 is 2.08 bits per heavy atom. The highest BCUT2D eigenvalue weighted by atomic mass is 16.4. The fraction of sp³-hybridized carbons (Fsp3) is 0.875. The maximum absolute atomic E-state index is 10.5. The van der Waals surface area contributed by atoms with Gasteiger partial charge in [0.05, 0.1) is 6.61 Å². The van der Waals surface area contributed by atoms with E-state index in [0.717, 1.165) is 0 Å². The second kappa shape index (κ2) is 4.55. The Hall–Kier alpha value is -0.650. The third kappa shape index (κ3) is 3.71. The molecule has 5 nitrogen and oxygen atoms in total. The molecule has 78 valence electrons. The Morgan fingerprint density at radius 1 is 1.62 bits per heavy atom. The standard InChI is InChI=1S/C8H17NO4/c1-6(4-10)9(3)5-8(2,13)7(11)12/h6,10,13H,4-5H2,1-3H3,(H,11,12). The van der Waals surface area contributed by atoms with E-state index in [1.165, 1.54) is 6.92 Å². The van der Waals surface area contributed by atoms with Crippen LogP contribution in [0, 0.1) is 0 Å². The van der Waals surface area contributed by atoms with Gasteiger partial charge in [-0.2, -0.15) is 0 Å². The lowest BCUT2D eigenvalue weighted by atomic mass is 10.1. The van der Waals surface area contributed by atoms with Gasteiger partial charge in [0.25, 0.3) is 0 Å². The summed E-state index contributed by atoms with van der Waals surface area (Å²) >= 11 is 0. The molecular formula is C8H17NO4. The van der Waals surface area contributed by atoms with Crippen LogP contribution < -0.4 is 0 Å². The number of rotatable bonds is 5. The van der Waals surface area contributed by atoms with Crippen LogP contribution in [0.2, 0.25) is 0 Å². The first-order chi connectivity index (χ1) is 5.81. The molecule has 13 heavy (non-hydrogen) atoms. The molecule has 0 radical (unpaired) electrons. The van der Waals surface area contributed by atoms with Gasteiger partial charge in [-0.05, 0) is 20.9 Å². The van der Waals surface area contributed by atoms with Gasteiger partial charge in [0.1, 0.15) is 0 Å². The number of likely N-dealkylation sites (N-methyl/N-ethyl adjacent to an activating group) is 1. The van der Waals surface area contributed by atoms with Gasteiger partial charge in [-0.3, -0.25) is 4.90 Å². The lowest BCUT2D eigenvalue weighted by Crippen LogP contribution is -2.48. The third-order valence-electron chi connectivity index (χ3n) is 2.03. The number of hydrogen-bond acceptors (Lipinski definition) is 4. The number of carboxylic acids is 1. The summed E-state index contributed by atoms with van der Waals surface area (Å²) in [5, 5.41) is 26.8. The van der Waals surface area contributed by atoms with Gasteiger partial charge >= 0.3 is 5.97 Å². The van der Waals surface area contributed by atoms with Crippen molar-refractivity contribution in [1.82, 2.24) is 4.90 Å². The maximum Gasteiger partial charge on any atom is 0.336 e. The summed E-state index contributed by atoms with van der Waals surface area (Å²) in [5.74, 6) is -1.26. The highest BCUT2D eigenvalue weighted by molar-refractivity contribution is 5.76. The summed E-state index contributed by atoms with van der Waals surface area (Å²) in [7, 11) is 1.65. The maximum atomic E-state index is 10.5. The van der Waals surface area contributed by atoms with Crippen molar-refractivity contribution in [3.8, 4) is 0 Å². The van der Waals surface area contributed by atoms with Crippen molar-refractivity contribution in [2.45, 2.75) is 25.5 Å². The van der Waals surface area contributed by atoms with E-state index in [2.05, 4.69) is 0 Å². The van der Waals surface area contributed by atoms with Crippen LogP contribution in [0.1, 0.15) is 13.8 Å². The molecule has 0 heterocycles. The lowest BCUT2D eigenvalue weighted by Gasteiger charge is -2.29. The molecule has 0 saturated heterocycles. The molecule has 5 heteroatoms. The van der Waals surface area contributed by atoms with Crippen LogP contribution in [0.3, 0.4) is 0 Å². The zero-order valence-electron chi connectivity index (χ0n) is 8.19. The molecule has 0 rings (SSSR count). The first kappa shape index (κ1) is 12.3. The molecule has 3 N–H and O–H groups in total. The van der Waals surface area contributed by atoms with Crippen molar-refractivity contribution in [2.75, 3.05) is 20.2 Å². The summed E-state index contributed by atoms with van der Waals surface area (Å²) in [6, 6.07) is -0.161. The minimum absolute atomic E-state index is 0.00986. The van der Waals surface area contributed by atoms with Gasteiger partial charge in [0.2, 0.25) is 0 Å². The number of carbonyl (C=O) groups is 1. The van der Waals surface area contributed by atoms with Gasteiger partial charge < -0.3 is 15.3 Å². The predicted molar refractivity (Wildman–Crippen MR) is 47.4 cm³/mol. The molecule has 2 atom stereocenters. The van der Waals surface area contributed by atoms with E-state index in [0.29, 0.717) is 0 Å². The fourth-order valence-corrected chi connectivity index (χ4v) is 0.848. The zero-order chi connectivity index (χ0) is 10.6. The van der Waals surface area contributed by atoms with E-state index in [1.54, 1.807) is 18.9 Å². The highest BCUT2D eigenvalue weighted by Gasteiger charge is 2.32. The Kier molecular flexibility index (Phi) is 4.32. The van der Waals surface area contributed by atoms with E-state index in [4.69, 9.17) is 10.2 Å². The van der Waals surface area contributed by atoms with Gasteiger partial charge in [-0.15, -0.1) is 0 Å². The minimum Gasteiger partial charge on any atom is -0.479 e. The number of aliphatic carboxylic acids is 1. The summed E-state index contributed by atoms with van der Waals surface area (Å²) in [6.45, 7) is 2.91. The molecule has 0 spiro atoms. The number of aliphatic hydroxyl groups is 2. The van der Waals surface area contributed by atoms with E-state index < -0.39 is 11.6 Å². The van der Waals surface area contributed by atoms with Gasteiger partial charge in [-0.1, -0.05) is 0 Å². The normalized spacial score (nSPS) is 18.3. The Balaban J connectivity index is 4.19. The summed E-state index contributed by atoms with van der Waals surface area (Å²) in [6.07, 6.45) is 0. The van der Waals surface area contributed by atoms with Gasteiger partial charge in [0.15, 0.2) is 5.60 Å². The third-order valence-corrected chi connectivity index (χ3v) is 2.03. The molecule has 0 aliphatic heterocycles. The van der Waals surface area contributed by atoms with Crippen LogP contribution >= 0.6 is 0 Å². The van der Waals surface area contributed by atoms with E-state index in [9.17, 15) is 9.90 Å². The fourth-order valence-electron chi connectivity index (χ4n) is 0.848. The first-order valence-electron chi connectivity index (χ1n) is 4.08. The second-order valence-corrected chi connectivity index (χ2v) is 3.53. The van der Waals surface area contributed by atoms with Crippen LogP contribution in [0.25, 0.3) is 0 Å².